The van der Waals surface area contributed by atoms with Gasteiger partial charge in [0.05, 0.1) is 11.0 Å². The predicted molar refractivity (Wildman–Crippen MR) is 144 cm³/mol. The molecule has 0 saturated carbocycles. The van der Waals surface area contributed by atoms with Crippen molar-refractivity contribution < 1.29 is 9.53 Å². The standard InChI is InChI=1S/C29H34N4O4/c1-4-22(18-21-12-8-7-9-13-21)37-25(34)14-10-5-6-11-15-33-24-17-20(3)19(2)16-23(24)30-26-27(33)31-29(36)32-28(26)35/h7-9,12-13,16-17,22H,4-6,10-11,14-15,18H2,1-3H3,(H,32,35,36). The lowest BCUT2D eigenvalue weighted by Crippen LogP contribution is -2.29. The quantitative estimate of drug-likeness (QED) is 0.181. The molecule has 1 N–H and O–H groups in total. The predicted octanol–water partition coefficient (Wildman–Crippen LogP) is 4.72. The van der Waals surface area contributed by atoms with E-state index < -0.39 is 11.2 Å². The van der Waals surface area contributed by atoms with Crippen LogP contribution in [0.25, 0.3) is 22.6 Å². The Balaban J connectivity index is 1.34. The van der Waals surface area contributed by atoms with Gasteiger partial charge in [0, 0.05) is 19.4 Å². The number of carbonyl (C=O) groups is 1. The van der Waals surface area contributed by atoms with Gasteiger partial charge in [-0.25, -0.2) is 9.78 Å². The molecule has 0 amide bonds. The summed E-state index contributed by atoms with van der Waals surface area (Å²) in [7, 11) is 0. The van der Waals surface area contributed by atoms with Gasteiger partial charge in [-0.2, -0.15) is 4.98 Å². The molecule has 2 aliphatic heterocycles. The van der Waals surface area contributed by atoms with Crippen molar-refractivity contribution in [3.63, 3.8) is 0 Å². The van der Waals surface area contributed by atoms with Crippen LogP contribution in [0.1, 0.15) is 62.1 Å². The van der Waals surface area contributed by atoms with E-state index in [2.05, 4.69) is 27.1 Å². The van der Waals surface area contributed by atoms with Crippen molar-refractivity contribution in [2.75, 3.05) is 0 Å². The zero-order valence-corrected chi connectivity index (χ0v) is 21.8. The minimum Gasteiger partial charge on any atom is -0.462 e. The summed E-state index contributed by atoms with van der Waals surface area (Å²) in [5, 5.41) is 0. The molecular weight excluding hydrogens is 468 g/mol. The Bertz CT molecular complexity index is 1460. The van der Waals surface area contributed by atoms with Gasteiger partial charge in [0.2, 0.25) is 0 Å². The highest BCUT2D eigenvalue weighted by Gasteiger charge is 2.19. The lowest BCUT2D eigenvalue weighted by molar-refractivity contribution is -0.149. The fraction of sp³-hybridized carbons (Fsp3) is 0.414. The van der Waals surface area contributed by atoms with Crippen LogP contribution in [0.2, 0.25) is 0 Å². The Morgan fingerprint density at radius 2 is 1.73 bits per heavy atom. The second kappa shape index (κ2) is 12.0. The van der Waals surface area contributed by atoms with Crippen molar-refractivity contribution in [1.29, 1.82) is 0 Å². The number of H-pyrrole nitrogens is 1. The minimum absolute atomic E-state index is 0.104. The normalized spacial score (nSPS) is 12.2. The number of unbranched alkanes of at least 4 members (excludes halogenated alkanes) is 3. The lowest BCUT2D eigenvalue weighted by Gasteiger charge is -2.18. The van der Waals surface area contributed by atoms with Crippen molar-refractivity contribution in [3.05, 3.63) is 80.0 Å². The first kappa shape index (κ1) is 26.3. The molecule has 8 nitrogen and oxygen atoms in total. The number of aromatic amines is 1. The van der Waals surface area contributed by atoms with Crippen LogP contribution in [0.5, 0.6) is 0 Å². The fourth-order valence-electron chi connectivity index (χ4n) is 4.56. The summed E-state index contributed by atoms with van der Waals surface area (Å²) in [5.41, 5.74) is 3.86. The maximum atomic E-state index is 12.4. The Hall–Kier alpha value is -3.81. The number of rotatable bonds is 11. The topological polar surface area (TPSA) is 107 Å². The fourth-order valence-corrected chi connectivity index (χ4v) is 4.56. The van der Waals surface area contributed by atoms with Gasteiger partial charge in [0.1, 0.15) is 6.10 Å². The van der Waals surface area contributed by atoms with E-state index in [1.807, 2.05) is 55.7 Å². The second-order valence-corrected chi connectivity index (χ2v) is 9.61. The molecule has 194 valence electrons. The maximum absolute atomic E-state index is 12.4. The third kappa shape index (κ3) is 6.50. The van der Waals surface area contributed by atoms with Crippen LogP contribution in [0.4, 0.5) is 0 Å². The number of aromatic nitrogens is 4. The van der Waals surface area contributed by atoms with E-state index in [1.165, 1.54) is 5.56 Å². The first-order chi connectivity index (χ1) is 17.9. The Morgan fingerprint density at radius 1 is 1.00 bits per heavy atom. The number of hydrogen-bond donors (Lipinski definition) is 1. The molecule has 2 aromatic carbocycles. The van der Waals surface area contributed by atoms with Crippen LogP contribution in [0.15, 0.2) is 52.1 Å². The van der Waals surface area contributed by atoms with Gasteiger partial charge in [-0.15, -0.1) is 0 Å². The number of fused-ring (bicyclic) bond motifs is 2. The maximum Gasteiger partial charge on any atom is 0.349 e. The molecule has 37 heavy (non-hydrogen) atoms. The third-order valence-electron chi connectivity index (χ3n) is 6.80. The van der Waals surface area contributed by atoms with Crippen molar-refractivity contribution in [2.24, 2.45) is 0 Å². The molecule has 1 atom stereocenters. The Kier molecular flexibility index (Phi) is 8.48. The van der Waals surface area contributed by atoms with Crippen molar-refractivity contribution >= 4 is 17.0 Å². The monoisotopic (exact) mass is 502 g/mol. The van der Waals surface area contributed by atoms with Crippen LogP contribution in [0, 0.1) is 13.8 Å². The highest BCUT2D eigenvalue weighted by Crippen LogP contribution is 2.24. The largest absolute Gasteiger partial charge is 0.462 e. The molecule has 0 saturated heterocycles. The second-order valence-electron chi connectivity index (χ2n) is 9.61. The van der Waals surface area contributed by atoms with Crippen LogP contribution in [-0.4, -0.2) is 31.6 Å². The minimum atomic E-state index is -0.674. The van der Waals surface area contributed by atoms with Gasteiger partial charge < -0.3 is 9.30 Å². The number of carbonyl (C=O) groups excluding carboxylic acids is 1. The SMILES string of the molecule is CCC(Cc1ccccc1)OC(=O)CCCCCCn1c2nc(=O)[nH]c(=O)c-2nc2cc(C)c(C)cc21. The van der Waals surface area contributed by atoms with Crippen molar-refractivity contribution in [1.82, 2.24) is 19.5 Å². The summed E-state index contributed by atoms with van der Waals surface area (Å²) >= 11 is 0. The summed E-state index contributed by atoms with van der Waals surface area (Å²) in [5.74, 6) is 0.151. The number of aryl methyl sites for hydroxylation is 3. The molecule has 0 bridgehead atoms. The molecule has 0 spiro atoms. The Labute approximate surface area is 216 Å². The first-order valence-corrected chi connectivity index (χ1v) is 13.0. The van der Waals surface area contributed by atoms with Gasteiger partial charge in [-0.3, -0.25) is 14.6 Å². The van der Waals surface area contributed by atoms with Crippen LogP contribution in [0.3, 0.4) is 0 Å². The molecule has 8 heteroatoms. The molecule has 4 rings (SSSR count). The molecule has 0 radical (unpaired) electrons. The number of benzene rings is 2. The lowest BCUT2D eigenvalue weighted by atomic mass is 10.1. The molecule has 2 aliphatic rings. The molecular formula is C29H34N4O4. The van der Waals surface area contributed by atoms with Crippen LogP contribution < -0.4 is 11.2 Å². The number of nitrogens with one attached hydrogen (secondary N) is 1. The van der Waals surface area contributed by atoms with Gasteiger partial charge in [-0.1, -0.05) is 50.1 Å². The Morgan fingerprint density at radius 3 is 2.49 bits per heavy atom. The first-order valence-electron chi connectivity index (χ1n) is 13.0. The average molecular weight is 503 g/mol. The van der Waals surface area contributed by atoms with E-state index in [4.69, 9.17) is 4.74 Å². The summed E-state index contributed by atoms with van der Waals surface area (Å²) < 4.78 is 7.62. The zero-order valence-electron chi connectivity index (χ0n) is 21.8. The number of nitrogens with zero attached hydrogens (tertiary/aromatic N) is 3. The highest BCUT2D eigenvalue weighted by molar-refractivity contribution is 5.81. The average Bonchev–Trinajstić information content (AvgIpc) is 2.87. The summed E-state index contributed by atoms with van der Waals surface area (Å²) in [6.45, 7) is 6.65. The summed E-state index contributed by atoms with van der Waals surface area (Å²) in [6.07, 6.45) is 5.15. The van der Waals surface area contributed by atoms with Gasteiger partial charge in [0.15, 0.2) is 11.5 Å². The summed E-state index contributed by atoms with van der Waals surface area (Å²) in [4.78, 5) is 47.5. The van der Waals surface area contributed by atoms with Crippen LogP contribution >= 0.6 is 0 Å². The van der Waals surface area contributed by atoms with Crippen molar-refractivity contribution in [3.8, 4) is 11.5 Å². The van der Waals surface area contributed by atoms with E-state index in [-0.39, 0.29) is 17.8 Å². The highest BCUT2D eigenvalue weighted by atomic mass is 16.5. The molecule has 0 aromatic heterocycles. The van der Waals surface area contributed by atoms with E-state index >= 15 is 0 Å². The molecule has 0 aliphatic carbocycles. The number of esters is 1. The smallest absolute Gasteiger partial charge is 0.349 e. The van der Waals surface area contributed by atoms with Gasteiger partial charge in [-0.05, 0) is 61.9 Å². The number of hydrogen-bond acceptors (Lipinski definition) is 6. The summed E-state index contributed by atoms with van der Waals surface area (Å²) in [6, 6.07) is 14.1. The van der Waals surface area contributed by atoms with E-state index in [0.29, 0.717) is 24.3 Å². The number of ether oxygens (including phenoxy) is 1. The molecule has 2 heterocycles. The van der Waals surface area contributed by atoms with E-state index in [9.17, 15) is 14.4 Å². The van der Waals surface area contributed by atoms with Crippen LogP contribution in [-0.2, 0) is 22.5 Å². The van der Waals surface area contributed by atoms with Crippen molar-refractivity contribution in [2.45, 2.75) is 78.4 Å². The molecule has 2 aromatic rings. The molecule has 0 fully saturated rings. The third-order valence-corrected chi connectivity index (χ3v) is 6.80. The van der Waals surface area contributed by atoms with E-state index in [1.54, 1.807) is 0 Å². The van der Waals surface area contributed by atoms with Gasteiger partial charge >= 0.3 is 11.7 Å². The zero-order chi connectivity index (χ0) is 26.4. The van der Waals surface area contributed by atoms with Gasteiger partial charge in [0.25, 0.3) is 5.56 Å². The molecule has 1 unspecified atom stereocenters. The van der Waals surface area contributed by atoms with E-state index in [0.717, 1.165) is 55.2 Å².